The molecule has 0 saturated heterocycles. The number of ether oxygens (including phenoxy) is 1. The SMILES string of the molecule is Nc1ccc2c(n1)N(CC(=O)Nc1cc(Cl)cc(Cl)c1)C(=O)CO2. The van der Waals surface area contributed by atoms with Crippen LogP contribution in [0.3, 0.4) is 0 Å². The highest BCUT2D eigenvalue weighted by Crippen LogP contribution is 2.30. The summed E-state index contributed by atoms with van der Waals surface area (Å²) in [5, 5.41) is 3.41. The molecule has 24 heavy (non-hydrogen) atoms. The number of nitrogen functional groups attached to an aromatic ring is 1. The van der Waals surface area contributed by atoms with Gasteiger partial charge in [-0.2, -0.15) is 0 Å². The third kappa shape index (κ3) is 3.52. The van der Waals surface area contributed by atoms with Crippen molar-refractivity contribution in [2.24, 2.45) is 0 Å². The van der Waals surface area contributed by atoms with Gasteiger partial charge in [0.15, 0.2) is 18.2 Å². The maximum atomic E-state index is 12.3. The molecule has 3 N–H and O–H groups in total. The minimum absolute atomic E-state index is 0.172. The molecule has 0 fully saturated rings. The average molecular weight is 367 g/mol. The van der Waals surface area contributed by atoms with E-state index < -0.39 is 5.91 Å². The summed E-state index contributed by atoms with van der Waals surface area (Å²) in [6.07, 6.45) is 0. The van der Waals surface area contributed by atoms with Crippen molar-refractivity contribution in [3.63, 3.8) is 0 Å². The molecule has 3 rings (SSSR count). The third-order valence-corrected chi connectivity index (χ3v) is 3.65. The zero-order valence-electron chi connectivity index (χ0n) is 12.3. The van der Waals surface area contributed by atoms with Crippen molar-refractivity contribution in [1.82, 2.24) is 4.98 Å². The van der Waals surface area contributed by atoms with Crippen LogP contribution in [0.25, 0.3) is 0 Å². The number of nitrogens with one attached hydrogen (secondary N) is 1. The minimum Gasteiger partial charge on any atom is -0.480 e. The van der Waals surface area contributed by atoms with Crippen molar-refractivity contribution in [3.05, 3.63) is 40.4 Å². The number of carbonyl (C=O) groups is 2. The van der Waals surface area contributed by atoms with Crippen molar-refractivity contribution in [2.75, 3.05) is 29.1 Å². The van der Waals surface area contributed by atoms with Gasteiger partial charge < -0.3 is 15.8 Å². The van der Waals surface area contributed by atoms with Gasteiger partial charge in [-0.25, -0.2) is 4.98 Å². The number of aromatic nitrogens is 1. The fraction of sp³-hybridized carbons (Fsp3) is 0.133. The largest absolute Gasteiger partial charge is 0.480 e. The van der Waals surface area contributed by atoms with Gasteiger partial charge in [0, 0.05) is 15.7 Å². The fourth-order valence-corrected chi connectivity index (χ4v) is 2.75. The summed E-state index contributed by atoms with van der Waals surface area (Å²) in [4.78, 5) is 29.6. The number of nitrogens with zero attached hydrogens (tertiary/aromatic N) is 2. The summed E-state index contributed by atoms with van der Waals surface area (Å²) in [5.74, 6) is 0.00522. The van der Waals surface area contributed by atoms with Gasteiger partial charge in [0.2, 0.25) is 5.91 Å². The molecule has 0 atom stereocenters. The first-order valence-electron chi connectivity index (χ1n) is 6.88. The molecule has 0 bridgehead atoms. The summed E-state index contributed by atoms with van der Waals surface area (Å²) in [6, 6.07) is 7.81. The highest BCUT2D eigenvalue weighted by molar-refractivity contribution is 6.35. The summed E-state index contributed by atoms with van der Waals surface area (Å²) in [7, 11) is 0. The molecular weight excluding hydrogens is 355 g/mol. The number of anilines is 3. The molecular formula is C15H12Cl2N4O3. The number of carbonyl (C=O) groups excluding carboxylic acids is 2. The first-order chi connectivity index (χ1) is 11.4. The molecule has 2 heterocycles. The van der Waals surface area contributed by atoms with E-state index in [1.54, 1.807) is 30.3 Å². The van der Waals surface area contributed by atoms with Crippen LogP contribution < -0.4 is 20.7 Å². The van der Waals surface area contributed by atoms with Crippen LogP contribution in [0.15, 0.2) is 30.3 Å². The molecule has 0 radical (unpaired) electrons. The van der Waals surface area contributed by atoms with Crippen LogP contribution in [-0.4, -0.2) is 29.9 Å². The molecule has 0 spiro atoms. The lowest BCUT2D eigenvalue weighted by atomic mass is 10.3. The summed E-state index contributed by atoms with van der Waals surface area (Å²) in [6.45, 7) is -0.412. The van der Waals surface area contributed by atoms with E-state index in [4.69, 9.17) is 33.7 Å². The quantitative estimate of drug-likeness (QED) is 0.868. The number of pyridine rings is 1. The fourth-order valence-electron chi connectivity index (χ4n) is 2.22. The van der Waals surface area contributed by atoms with E-state index >= 15 is 0 Å². The van der Waals surface area contributed by atoms with Gasteiger partial charge in [0.05, 0.1) is 0 Å². The highest BCUT2D eigenvalue weighted by Gasteiger charge is 2.29. The van der Waals surface area contributed by atoms with Crippen LogP contribution in [0, 0.1) is 0 Å². The Kier molecular flexibility index (Phi) is 4.46. The van der Waals surface area contributed by atoms with Crippen molar-refractivity contribution in [1.29, 1.82) is 0 Å². The third-order valence-electron chi connectivity index (χ3n) is 3.22. The number of hydrogen-bond donors (Lipinski definition) is 2. The smallest absolute Gasteiger partial charge is 0.266 e. The molecule has 2 aromatic rings. The van der Waals surface area contributed by atoms with Crippen LogP contribution in [0.1, 0.15) is 0 Å². The van der Waals surface area contributed by atoms with E-state index in [9.17, 15) is 9.59 Å². The van der Waals surface area contributed by atoms with Gasteiger partial charge in [-0.15, -0.1) is 0 Å². The van der Waals surface area contributed by atoms with E-state index in [-0.39, 0.29) is 30.7 Å². The summed E-state index contributed by atoms with van der Waals surface area (Å²) >= 11 is 11.8. The monoisotopic (exact) mass is 366 g/mol. The zero-order valence-corrected chi connectivity index (χ0v) is 13.8. The summed E-state index contributed by atoms with van der Waals surface area (Å²) < 4.78 is 5.28. The van der Waals surface area contributed by atoms with Crippen molar-refractivity contribution < 1.29 is 14.3 Å². The number of nitrogens with two attached hydrogens (primary N) is 1. The molecule has 0 aliphatic carbocycles. The summed E-state index contributed by atoms with van der Waals surface area (Å²) in [5.41, 5.74) is 6.07. The maximum Gasteiger partial charge on any atom is 0.266 e. The molecule has 1 aromatic carbocycles. The molecule has 2 amide bonds. The van der Waals surface area contributed by atoms with Crippen molar-refractivity contribution >= 4 is 52.3 Å². The average Bonchev–Trinajstić information content (AvgIpc) is 2.49. The topological polar surface area (TPSA) is 97.5 Å². The van der Waals surface area contributed by atoms with Gasteiger partial charge in [-0.05, 0) is 30.3 Å². The first-order valence-corrected chi connectivity index (χ1v) is 7.63. The Morgan fingerprint density at radius 1 is 1.29 bits per heavy atom. The van der Waals surface area contributed by atoms with Crippen LogP contribution in [0.5, 0.6) is 5.75 Å². The van der Waals surface area contributed by atoms with E-state index in [0.29, 0.717) is 21.5 Å². The number of rotatable bonds is 3. The molecule has 0 saturated carbocycles. The molecule has 1 aliphatic heterocycles. The van der Waals surface area contributed by atoms with Gasteiger partial charge >= 0.3 is 0 Å². The number of fused-ring (bicyclic) bond motifs is 1. The standard InChI is InChI=1S/C15H12Cl2N4O3/c16-8-3-9(17)5-10(4-8)19-13(22)6-21-14(23)7-24-11-1-2-12(18)20-15(11)21/h1-5H,6-7H2,(H2,18,20)(H,19,22). The van der Waals surface area contributed by atoms with Crippen LogP contribution >= 0.6 is 23.2 Å². The number of halogens is 2. The van der Waals surface area contributed by atoms with Gasteiger partial charge in [-0.1, -0.05) is 23.2 Å². The predicted molar refractivity (Wildman–Crippen MR) is 91.6 cm³/mol. The molecule has 0 unspecified atom stereocenters. The second-order valence-electron chi connectivity index (χ2n) is 5.03. The second-order valence-corrected chi connectivity index (χ2v) is 5.91. The Hall–Kier alpha value is -2.51. The van der Waals surface area contributed by atoms with Gasteiger partial charge in [-0.3, -0.25) is 14.5 Å². The van der Waals surface area contributed by atoms with Crippen molar-refractivity contribution in [3.8, 4) is 5.75 Å². The lowest BCUT2D eigenvalue weighted by molar-refractivity contribution is -0.123. The molecule has 9 heteroatoms. The van der Waals surface area contributed by atoms with Gasteiger partial charge in [0.25, 0.3) is 5.91 Å². The Morgan fingerprint density at radius 2 is 2.00 bits per heavy atom. The van der Waals surface area contributed by atoms with Gasteiger partial charge in [0.1, 0.15) is 12.4 Å². The van der Waals surface area contributed by atoms with Crippen LogP contribution in [0.2, 0.25) is 10.0 Å². The lowest BCUT2D eigenvalue weighted by Crippen LogP contribution is -2.44. The lowest BCUT2D eigenvalue weighted by Gasteiger charge is -2.27. The Bertz CT molecular complexity index is 808. The number of hydrogen-bond acceptors (Lipinski definition) is 5. The number of amides is 2. The van der Waals surface area contributed by atoms with E-state index in [2.05, 4.69) is 10.3 Å². The maximum absolute atomic E-state index is 12.3. The first kappa shape index (κ1) is 16.4. The normalized spacial score (nSPS) is 13.2. The second kappa shape index (κ2) is 6.54. The van der Waals surface area contributed by atoms with Crippen LogP contribution in [0.4, 0.5) is 17.3 Å². The molecule has 124 valence electrons. The number of benzene rings is 1. The molecule has 1 aliphatic rings. The van der Waals surface area contributed by atoms with Crippen LogP contribution in [-0.2, 0) is 9.59 Å². The zero-order chi connectivity index (χ0) is 17.3. The van der Waals surface area contributed by atoms with E-state index in [0.717, 1.165) is 0 Å². The Labute approximate surface area is 147 Å². The van der Waals surface area contributed by atoms with E-state index in [1.165, 1.54) is 4.90 Å². The van der Waals surface area contributed by atoms with E-state index in [1.807, 2.05) is 0 Å². The minimum atomic E-state index is -0.432. The molecule has 1 aromatic heterocycles. The van der Waals surface area contributed by atoms with Crippen molar-refractivity contribution in [2.45, 2.75) is 0 Å². The highest BCUT2D eigenvalue weighted by atomic mass is 35.5. The Balaban J connectivity index is 1.79. The Morgan fingerprint density at radius 3 is 2.71 bits per heavy atom. The molecule has 7 nitrogen and oxygen atoms in total. The predicted octanol–water partition coefficient (Wildman–Crippen LogP) is 2.33.